The largest absolute Gasteiger partial charge is 0.478 e. The summed E-state index contributed by atoms with van der Waals surface area (Å²) in [4.78, 5) is 135. The summed E-state index contributed by atoms with van der Waals surface area (Å²) in [5, 5.41) is 27.0. The second-order valence-corrected chi connectivity index (χ2v) is 16.5. The number of aliphatic hydroxyl groups is 1. The van der Waals surface area contributed by atoms with Gasteiger partial charge in [-0.25, -0.2) is 52.7 Å². The Kier molecular flexibility index (Phi) is 31.4. The van der Waals surface area contributed by atoms with Crippen LogP contribution in [-0.2, 0) is 76.9 Å². The predicted octanol–water partition coefficient (Wildman–Crippen LogP) is 5.48. The normalized spacial score (nSPS) is 9.56. The molecule has 5 rings (SSSR count). The van der Waals surface area contributed by atoms with Crippen LogP contribution in [0.3, 0.4) is 0 Å². The minimum atomic E-state index is -1.25. The van der Waals surface area contributed by atoms with Crippen LogP contribution in [0, 0.1) is 11.3 Å². The molecule has 84 heavy (non-hydrogen) atoms. The van der Waals surface area contributed by atoms with Crippen molar-refractivity contribution in [2.45, 2.75) is 24.8 Å². The van der Waals surface area contributed by atoms with E-state index in [1.54, 1.807) is 12.1 Å². The third kappa shape index (κ3) is 23.0. The van der Waals surface area contributed by atoms with E-state index in [0.29, 0.717) is 33.1 Å². The van der Waals surface area contributed by atoms with Crippen molar-refractivity contribution in [3.05, 3.63) is 174 Å². The SMILES string of the molecule is COC(=O)c1cc(C(=O)O)cc(C(=O)OC)c1.COC(=O)c1cc(CBr)cc(C(=O)OC)c1.COC(=O)c1cc(CC#N)cc(C(=O)OC)c1.COC(=O)c1cc(CC(N)=O)cc(C(=O)OC)c1.COC(=O)c1cc(CO)cc(C(=O)OC)c1. The Morgan fingerprint density at radius 2 is 0.571 bits per heavy atom. The minimum Gasteiger partial charge on any atom is -0.478 e. The van der Waals surface area contributed by atoms with E-state index in [0.717, 1.165) is 31.9 Å². The van der Waals surface area contributed by atoms with Gasteiger partial charge in [0.05, 0.1) is 158 Å². The zero-order valence-electron chi connectivity index (χ0n) is 46.8. The first kappa shape index (κ1) is 71.7. The lowest BCUT2D eigenvalue weighted by Crippen LogP contribution is -2.15. The van der Waals surface area contributed by atoms with Gasteiger partial charge < -0.3 is 63.3 Å². The molecule has 4 N–H and O–H groups in total. The van der Waals surface area contributed by atoms with Crippen LogP contribution in [0.4, 0.5) is 0 Å². The molecular formula is C57H57BrN2O24. The third-order valence-corrected chi connectivity index (χ3v) is 11.0. The number of carbonyl (C=O) groups is 12. The monoisotopic (exact) mass is 1230 g/mol. The number of ether oxygens (including phenoxy) is 10. The Balaban J connectivity index is 0.000000525. The predicted molar refractivity (Wildman–Crippen MR) is 293 cm³/mol. The molecule has 0 atom stereocenters. The van der Waals surface area contributed by atoms with Crippen molar-refractivity contribution in [2.75, 3.05) is 71.1 Å². The second kappa shape index (κ2) is 36.8. The van der Waals surface area contributed by atoms with Crippen molar-refractivity contribution in [1.82, 2.24) is 0 Å². The number of esters is 10. The van der Waals surface area contributed by atoms with Gasteiger partial charge in [-0.2, -0.15) is 5.26 Å². The third-order valence-electron chi connectivity index (χ3n) is 10.4. The standard InChI is InChI=1S/C12H13NO5.C12H11NO4.C11H11BrO4.C11H10O6.C11H12O5/c1-17-11(15)8-3-7(5-10(13)14)4-9(6-8)12(16)18-2;1-16-11(14)9-5-8(3-4-13)6-10(7-9)12(15)17-2;1-15-10(13)8-3-7(6-12)4-9(5-8)11(14)16-2;1-16-10(14)7-3-6(9(12)13)4-8(5-7)11(15)17-2;1-15-10(13)8-3-7(6-12)4-9(5-8)11(14)16-2/h3-4,6H,5H2,1-2H3,(H2,13,14);5-7H,3H2,1-2H3;3-5H,6H2,1-2H3;3-5H,1-2H3,(H,12,13);3-5,12H,6H2,1-2H3. The van der Waals surface area contributed by atoms with Crippen molar-refractivity contribution in [3.63, 3.8) is 0 Å². The topological polar surface area (TPSA) is 387 Å². The highest BCUT2D eigenvalue weighted by Crippen LogP contribution is 2.18. The van der Waals surface area contributed by atoms with Gasteiger partial charge >= 0.3 is 65.7 Å². The molecule has 0 unspecified atom stereocenters. The zero-order chi connectivity index (χ0) is 63.8. The maximum absolute atomic E-state index is 11.4. The van der Waals surface area contributed by atoms with Crippen LogP contribution in [0.15, 0.2) is 91.0 Å². The van der Waals surface area contributed by atoms with Gasteiger partial charge in [0.2, 0.25) is 5.91 Å². The fraction of sp³-hybridized carbons (Fsp3) is 0.246. The lowest BCUT2D eigenvalue weighted by molar-refractivity contribution is -0.117. The van der Waals surface area contributed by atoms with Gasteiger partial charge in [-0.05, 0) is 113 Å². The van der Waals surface area contributed by atoms with E-state index in [1.807, 2.05) is 6.07 Å². The molecule has 0 heterocycles. The lowest BCUT2D eigenvalue weighted by Gasteiger charge is -2.06. The number of nitrogens with zero attached hydrogens (tertiary/aromatic N) is 1. The highest BCUT2D eigenvalue weighted by Gasteiger charge is 2.19. The maximum atomic E-state index is 11.4. The van der Waals surface area contributed by atoms with Crippen molar-refractivity contribution < 1.29 is 115 Å². The van der Waals surface area contributed by atoms with Crippen LogP contribution >= 0.6 is 15.9 Å². The minimum absolute atomic E-state index is 0.0206. The fourth-order valence-corrected chi connectivity index (χ4v) is 6.86. The van der Waals surface area contributed by atoms with E-state index in [2.05, 4.69) is 63.3 Å². The first-order chi connectivity index (χ1) is 39.8. The number of halogens is 1. The number of carboxylic acid groups (broad SMARTS) is 1. The van der Waals surface area contributed by atoms with Crippen molar-refractivity contribution in [2.24, 2.45) is 5.73 Å². The molecule has 0 aliphatic carbocycles. The summed E-state index contributed by atoms with van der Waals surface area (Å²) in [5.74, 6) is -7.69. The molecule has 0 saturated carbocycles. The summed E-state index contributed by atoms with van der Waals surface area (Å²) < 4.78 is 45.4. The molecule has 27 heteroatoms. The van der Waals surface area contributed by atoms with Gasteiger partial charge in [-0.3, -0.25) is 4.79 Å². The van der Waals surface area contributed by atoms with E-state index in [4.69, 9.17) is 21.2 Å². The Bertz CT molecular complexity index is 3040. The molecule has 26 nitrogen and oxygen atoms in total. The Morgan fingerprint density at radius 1 is 0.369 bits per heavy atom. The molecule has 5 aromatic carbocycles. The quantitative estimate of drug-likeness (QED) is 0.0625. The van der Waals surface area contributed by atoms with E-state index >= 15 is 0 Å². The van der Waals surface area contributed by atoms with E-state index < -0.39 is 71.6 Å². The van der Waals surface area contributed by atoms with Gasteiger partial charge in [0, 0.05) is 5.33 Å². The molecule has 0 aliphatic rings. The lowest BCUT2D eigenvalue weighted by atomic mass is 10.0. The summed E-state index contributed by atoms with van der Waals surface area (Å²) in [7, 11) is 12.3. The first-order valence-electron chi connectivity index (χ1n) is 23.4. The number of rotatable bonds is 16. The molecule has 0 aromatic heterocycles. The van der Waals surface area contributed by atoms with Crippen molar-refractivity contribution in [3.8, 4) is 6.07 Å². The van der Waals surface area contributed by atoms with E-state index in [-0.39, 0.29) is 69.5 Å². The number of primary amides is 1. The first-order valence-corrected chi connectivity index (χ1v) is 24.5. The number of nitrogens with two attached hydrogens (primary N) is 1. The maximum Gasteiger partial charge on any atom is 0.337 e. The summed E-state index contributed by atoms with van der Waals surface area (Å²) in [6.07, 6.45) is 0.0314. The highest BCUT2D eigenvalue weighted by atomic mass is 79.9. The van der Waals surface area contributed by atoms with E-state index in [1.165, 1.54) is 124 Å². The molecule has 446 valence electrons. The van der Waals surface area contributed by atoms with Crippen LogP contribution in [0.5, 0.6) is 0 Å². The van der Waals surface area contributed by atoms with Crippen molar-refractivity contribution in [1.29, 1.82) is 5.26 Å². The summed E-state index contributed by atoms with van der Waals surface area (Å²) in [5.41, 5.74) is 8.96. The number of nitriles is 1. The number of carbonyl (C=O) groups excluding carboxylic acids is 11. The van der Waals surface area contributed by atoms with Gasteiger partial charge in [-0.1, -0.05) is 15.9 Å². The molecule has 0 fully saturated rings. The molecule has 1 amide bonds. The summed E-state index contributed by atoms with van der Waals surface area (Å²) >= 11 is 3.26. The van der Waals surface area contributed by atoms with Crippen LogP contribution in [-0.4, -0.2) is 153 Å². The summed E-state index contributed by atoms with van der Waals surface area (Å²) in [6, 6.07) is 23.1. The van der Waals surface area contributed by atoms with Crippen molar-refractivity contribution >= 4 is 87.5 Å². The Morgan fingerprint density at radius 3 is 0.762 bits per heavy atom. The number of amides is 1. The fourth-order valence-electron chi connectivity index (χ4n) is 6.54. The molecule has 0 aliphatic heterocycles. The van der Waals surface area contributed by atoms with Crippen LogP contribution in [0.25, 0.3) is 0 Å². The number of alkyl halides is 1. The zero-order valence-corrected chi connectivity index (χ0v) is 48.4. The van der Waals surface area contributed by atoms with Gasteiger partial charge in [0.25, 0.3) is 0 Å². The van der Waals surface area contributed by atoms with Crippen LogP contribution in [0.2, 0.25) is 0 Å². The molecule has 0 radical (unpaired) electrons. The highest BCUT2D eigenvalue weighted by molar-refractivity contribution is 9.08. The van der Waals surface area contributed by atoms with Gasteiger partial charge in [0.15, 0.2) is 0 Å². The molecular weight excluding hydrogens is 1180 g/mol. The average Bonchev–Trinajstić information content (AvgIpc) is 3.73. The molecule has 0 spiro atoms. The second-order valence-electron chi connectivity index (χ2n) is 16.0. The number of hydrogen-bond donors (Lipinski definition) is 3. The number of aromatic carboxylic acids is 1. The molecule has 0 saturated heterocycles. The number of carboxylic acids is 1. The number of methoxy groups -OCH3 is 10. The average molecular weight is 1230 g/mol. The number of benzene rings is 5. The number of hydrogen-bond acceptors (Lipinski definition) is 24. The molecule has 0 bridgehead atoms. The van der Waals surface area contributed by atoms with Gasteiger partial charge in [0.1, 0.15) is 0 Å². The van der Waals surface area contributed by atoms with Crippen LogP contribution in [0.1, 0.15) is 136 Å². The van der Waals surface area contributed by atoms with Crippen LogP contribution < -0.4 is 5.73 Å². The number of aliphatic hydroxyl groups excluding tert-OH is 1. The Labute approximate surface area is 488 Å². The summed E-state index contributed by atoms with van der Waals surface area (Å²) in [6.45, 7) is -0.269. The van der Waals surface area contributed by atoms with E-state index in [9.17, 15) is 57.5 Å². The smallest absolute Gasteiger partial charge is 0.337 e. The van der Waals surface area contributed by atoms with Gasteiger partial charge in [-0.15, -0.1) is 0 Å². The Hall–Kier alpha value is -10.3. The molecule has 5 aromatic rings.